The maximum Gasteiger partial charge on any atom is 0.106 e. The van der Waals surface area contributed by atoms with E-state index in [1.807, 2.05) is 6.07 Å². The highest BCUT2D eigenvalue weighted by atomic mass is 79.9. The van der Waals surface area contributed by atoms with Gasteiger partial charge in [0.25, 0.3) is 0 Å². The van der Waals surface area contributed by atoms with E-state index in [2.05, 4.69) is 78.7 Å². The molecule has 0 radical (unpaired) electrons. The molecule has 0 amide bonds. The summed E-state index contributed by atoms with van der Waals surface area (Å²) in [5, 5.41) is 0. The SMILES string of the molecule is Cc1nc2cc(Br)ccc2n1C1CCOCC1.Cl.Nc1cc(Br)ccc1CC1CCOCC1. The van der Waals surface area contributed by atoms with Crippen LogP contribution in [0.4, 0.5) is 5.69 Å². The number of nitrogen functional groups attached to an aromatic ring is 1. The Labute approximate surface area is 219 Å². The fraction of sp³-hybridized carbons (Fsp3) is 0.480. The van der Waals surface area contributed by atoms with Crippen LogP contribution in [-0.2, 0) is 15.9 Å². The molecular formula is C25H32Br2ClN3O2. The molecule has 2 fully saturated rings. The molecule has 0 saturated carbocycles. The molecule has 0 spiro atoms. The Morgan fingerprint density at radius 2 is 1.55 bits per heavy atom. The van der Waals surface area contributed by atoms with Crippen LogP contribution >= 0.6 is 44.3 Å². The van der Waals surface area contributed by atoms with Crippen molar-refractivity contribution in [2.24, 2.45) is 5.92 Å². The molecule has 0 aliphatic carbocycles. The van der Waals surface area contributed by atoms with Gasteiger partial charge >= 0.3 is 0 Å². The van der Waals surface area contributed by atoms with Gasteiger partial charge in [0.2, 0.25) is 0 Å². The fourth-order valence-corrected chi connectivity index (χ4v) is 5.34. The van der Waals surface area contributed by atoms with Crippen molar-refractivity contribution in [2.75, 3.05) is 32.2 Å². The third-order valence-corrected chi connectivity index (χ3v) is 7.33. The second-order valence-electron chi connectivity index (χ2n) is 8.61. The minimum Gasteiger partial charge on any atom is -0.398 e. The number of hydrogen-bond donors (Lipinski definition) is 1. The van der Waals surface area contributed by atoms with Gasteiger partial charge in [0.05, 0.1) is 11.0 Å². The summed E-state index contributed by atoms with van der Waals surface area (Å²) in [6, 6.07) is 13.0. The quantitative estimate of drug-likeness (QED) is 0.333. The number of ether oxygens (including phenoxy) is 2. The molecule has 1 aromatic heterocycles. The van der Waals surface area contributed by atoms with Crippen molar-refractivity contribution < 1.29 is 9.47 Å². The van der Waals surface area contributed by atoms with Gasteiger partial charge in [-0.15, -0.1) is 12.4 Å². The first-order valence-electron chi connectivity index (χ1n) is 11.3. The van der Waals surface area contributed by atoms with Crippen LogP contribution in [0.25, 0.3) is 11.0 Å². The Morgan fingerprint density at radius 1 is 0.939 bits per heavy atom. The summed E-state index contributed by atoms with van der Waals surface area (Å²) in [5.41, 5.74) is 10.5. The van der Waals surface area contributed by atoms with E-state index in [9.17, 15) is 0 Å². The van der Waals surface area contributed by atoms with Crippen LogP contribution in [0.3, 0.4) is 0 Å². The van der Waals surface area contributed by atoms with Crippen molar-refractivity contribution in [3.63, 3.8) is 0 Å². The molecule has 0 atom stereocenters. The number of aryl methyl sites for hydroxylation is 1. The molecule has 5 rings (SSSR count). The van der Waals surface area contributed by atoms with Crippen molar-refractivity contribution in [1.82, 2.24) is 9.55 Å². The van der Waals surface area contributed by atoms with Crippen LogP contribution < -0.4 is 5.73 Å². The Bertz CT molecular complexity index is 1050. The number of anilines is 1. The first kappa shape index (κ1) is 26.5. The average Bonchev–Trinajstić information content (AvgIpc) is 3.12. The summed E-state index contributed by atoms with van der Waals surface area (Å²) in [4.78, 5) is 4.64. The van der Waals surface area contributed by atoms with E-state index in [0.717, 1.165) is 90.4 Å². The Balaban J connectivity index is 0.000000182. The zero-order valence-electron chi connectivity index (χ0n) is 18.9. The molecule has 180 valence electrons. The van der Waals surface area contributed by atoms with Gasteiger partial charge in [-0.2, -0.15) is 0 Å². The number of rotatable bonds is 3. The van der Waals surface area contributed by atoms with Crippen molar-refractivity contribution in [3.05, 3.63) is 56.7 Å². The molecule has 3 aromatic rings. The van der Waals surface area contributed by atoms with Crippen molar-refractivity contribution in [2.45, 2.75) is 45.1 Å². The van der Waals surface area contributed by atoms with Gasteiger partial charge in [0.15, 0.2) is 0 Å². The number of halogens is 3. The third kappa shape index (κ3) is 6.95. The molecule has 2 saturated heterocycles. The fourth-order valence-electron chi connectivity index (χ4n) is 4.61. The smallest absolute Gasteiger partial charge is 0.106 e. The minimum absolute atomic E-state index is 0. The van der Waals surface area contributed by atoms with Gasteiger partial charge in [-0.3, -0.25) is 0 Å². The number of fused-ring (bicyclic) bond motifs is 1. The molecule has 33 heavy (non-hydrogen) atoms. The highest BCUT2D eigenvalue weighted by Crippen LogP contribution is 2.29. The lowest BCUT2D eigenvalue weighted by molar-refractivity contribution is 0.0666. The Kier molecular flexibility index (Phi) is 10.1. The second kappa shape index (κ2) is 12.5. The lowest BCUT2D eigenvalue weighted by Gasteiger charge is -2.25. The normalized spacial score (nSPS) is 17.3. The number of benzene rings is 2. The van der Waals surface area contributed by atoms with E-state index in [4.69, 9.17) is 15.2 Å². The predicted molar refractivity (Wildman–Crippen MR) is 144 cm³/mol. The van der Waals surface area contributed by atoms with E-state index in [-0.39, 0.29) is 12.4 Å². The van der Waals surface area contributed by atoms with Crippen molar-refractivity contribution in [1.29, 1.82) is 0 Å². The van der Waals surface area contributed by atoms with Gasteiger partial charge in [0, 0.05) is 47.1 Å². The van der Waals surface area contributed by atoms with Gasteiger partial charge < -0.3 is 19.8 Å². The third-order valence-electron chi connectivity index (χ3n) is 6.34. The molecule has 0 unspecified atom stereocenters. The van der Waals surface area contributed by atoms with Crippen LogP contribution in [-0.4, -0.2) is 36.0 Å². The van der Waals surface area contributed by atoms with Crippen molar-refractivity contribution >= 4 is 61.0 Å². The van der Waals surface area contributed by atoms with Crippen LogP contribution in [0.1, 0.15) is 43.1 Å². The number of nitrogens with zero attached hydrogens (tertiary/aromatic N) is 2. The monoisotopic (exact) mass is 599 g/mol. The molecule has 8 heteroatoms. The number of imidazole rings is 1. The van der Waals surface area contributed by atoms with E-state index in [0.29, 0.717) is 6.04 Å². The molecule has 2 aromatic carbocycles. The molecule has 2 aliphatic rings. The van der Waals surface area contributed by atoms with E-state index >= 15 is 0 Å². The standard InChI is InChI=1S/C13H15BrN2O.C12H16BrNO.ClH/c1-9-15-12-8-10(14)2-3-13(12)16(9)11-4-6-17-7-5-11;13-11-2-1-10(12(14)8-11)7-9-3-5-15-6-4-9;/h2-3,8,11H,4-7H2,1H3;1-2,8-9H,3-7,14H2;1H. The first-order valence-corrected chi connectivity index (χ1v) is 12.9. The Morgan fingerprint density at radius 3 is 2.21 bits per heavy atom. The lowest BCUT2D eigenvalue weighted by atomic mass is 9.92. The summed E-state index contributed by atoms with van der Waals surface area (Å²) in [5.74, 6) is 1.84. The summed E-state index contributed by atoms with van der Waals surface area (Å²) in [7, 11) is 0. The van der Waals surface area contributed by atoms with Crippen LogP contribution in [0.5, 0.6) is 0 Å². The second-order valence-corrected chi connectivity index (χ2v) is 10.4. The molecule has 5 nitrogen and oxygen atoms in total. The maximum absolute atomic E-state index is 5.98. The van der Waals surface area contributed by atoms with Crippen LogP contribution in [0, 0.1) is 12.8 Å². The van der Waals surface area contributed by atoms with Crippen LogP contribution in [0.15, 0.2) is 45.3 Å². The first-order chi connectivity index (χ1) is 15.5. The number of nitrogens with two attached hydrogens (primary N) is 1. The zero-order chi connectivity index (χ0) is 22.5. The maximum atomic E-state index is 5.98. The highest BCUT2D eigenvalue weighted by molar-refractivity contribution is 9.10. The van der Waals surface area contributed by atoms with E-state index in [1.54, 1.807) is 0 Å². The topological polar surface area (TPSA) is 62.3 Å². The van der Waals surface area contributed by atoms with Gasteiger partial charge in [-0.05, 0) is 80.8 Å². The summed E-state index contributed by atoms with van der Waals surface area (Å²) in [6.45, 7) is 5.62. The number of hydrogen-bond acceptors (Lipinski definition) is 4. The Hall–Kier alpha value is -1.12. The largest absolute Gasteiger partial charge is 0.398 e. The van der Waals surface area contributed by atoms with E-state index in [1.165, 1.54) is 11.1 Å². The highest BCUT2D eigenvalue weighted by Gasteiger charge is 2.20. The van der Waals surface area contributed by atoms with Crippen molar-refractivity contribution in [3.8, 4) is 0 Å². The molecular weight excluding hydrogens is 570 g/mol. The van der Waals surface area contributed by atoms with Gasteiger partial charge in [-0.25, -0.2) is 4.98 Å². The molecule has 2 aliphatic heterocycles. The average molecular weight is 602 g/mol. The van der Waals surface area contributed by atoms with Gasteiger partial charge in [-0.1, -0.05) is 37.9 Å². The number of aromatic nitrogens is 2. The molecule has 2 N–H and O–H groups in total. The van der Waals surface area contributed by atoms with E-state index < -0.39 is 0 Å². The summed E-state index contributed by atoms with van der Waals surface area (Å²) in [6.07, 6.45) is 5.58. The van der Waals surface area contributed by atoms with Gasteiger partial charge in [0.1, 0.15) is 5.82 Å². The minimum atomic E-state index is 0. The molecule has 3 heterocycles. The summed E-state index contributed by atoms with van der Waals surface area (Å²) < 4.78 is 15.3. The zero-order valence-corrected chi connectivity index (χ0v) is 22.9. The predicted octanol–water partition coefficient (Wildman–Crippen LogP) is 6.88. The lowest BCUT2D eigenvalue weighted by Crippen LogP contribution is -2.20. The van der Waals surface area contributed by atoms with Crippen LogP contribution in [0.2, 0.25) is 0 Å². The molecule has 0 bridgehead atoms. The summed E-state index contributed by atoms with van der Waals surface area (Å²) >= 11 is 6.91.